The van der Waals surface area contributed by atoms with Gasteiger partial charge in [0.2, 0.25) is 0 Å². The highest BCUT2D eigenvalue weighted by atomic mass is 32.1. The summed E-state index contributed by atoms with van der Waals surface area (Å²) in [6.45, 7) is 1.70. The summed E-state index contributed by atoms with van der Waals surface area (Å²) in [5, 5.41) is 21.4. The SMILES string of the molecule is CCC(C#N)(C(=O)O)c1ccsc1. The fraction of sp³-hybridized carbons (Fsp3) is 0.333. The average Bonchev–Trinajstić information content (AvgIpc) is 2.60. The minimum Gasteiger partial charge on any atom is -0.480 e. The van der Waals surface area contributed by atoms with Crippen LogP contribution in [-0.2, 0) is 10.2 Å². The number of carboxylic acids is 1. The minimum absolute atomic E-state index is 0.287. The molecule has 0 saturated carbocycles. The lowest BCUT2D eigenvalue weighted by Gasteiger charge is -2.17. The van der Waals surface area contributed by atoms with Gasteiger partial charge >= 0.3 is 5.97 Å². The predicted molar refractivity (Wildman–Crippen MR) is 49.5 cm³/mol. The number of rotatable bonds is 3. The van der Waals surface area contributed by atoms with E-state index < -0.39 is 11.4 Å². The fourth-order valence-corrected chi connectivity index (χ4v) is 1.91. The van der Waals surface area contributed by atoms with E-state index in [0.717, 1.165) is 0 Å². The van der Waals surface area contributed by atoms with Crippen LogP contribution in [-0.4, -0.2) is 11.1 Å². The number of hydrogen-bond donors (Lipinski definition) is 1. The highest BCUT2D eigenvalue weighted by Crippen LogP contribution is 2.29. The quantitative estimate of drug-likeness (QED) is 0.802. The molecule has 0 aliphatic rings. The molecule has 13 heavy (non-hydrogen) atoms. The van der Waals surface area contributed by atoms with Gasteiger partial charge in [-0.15, -0.1) is 0 Å². The van der Waals surface area contributed by atoms with E-state index in [-0.39, 0.29) is 6.42 Å². The summed E-state index contributed by atoms with van der Waals surface area (Å²) in [5.41, 5.74) is -0.782. The molecule has 0 aromatic carbocycles. The molecule has 1 aromatic heterocycles. The van der Waals surface area contributed by atoms with Crippen LogP contribution in [0.3, 0.4) is 0 Å². The molecule has 0 aliphatic heterocycles. The van der Waals surface area contributed by atoms with Gasteiger partial charge in [0.15, 0.2) is 5.41 Å². The van der Waals surface area contributed by atoms with Gasteiger partial charge in [-0.05, 0) is 28.8 Å². The molecule has 0 fully saturated rings. The van der Waals surface area contributed by atoms with E-state index in [1.165, 1.54) is 11.3 Å². The first-order valence-corrected chi connectivity index (χ1v) is 4.79. The van der Waals surface area contributed by atoms with Crippen molar-refractivity contribution >= 4 is 17.3 Å². The molecule has 0 spiro atoms. The Balaban J connectivity index is 3.21. The minimum atomic E-state index is -1.36. The molecule has 1 heterocycles. The van der Waals surface area contributed by atoms with Crippen LogP contribution >= 0.6 is 11.3 Å². The van der Waals surface area contributed by atoms with Crippen LogP contribution in [0.4, 0.5) is 0 Å². The number of hydrogen-bond acceptors (Lipinski definition) is 3. The lowest BCUT2D eigenvalue weighted by Crippen LogP contribution is -2.32. The summed E-state index contributed by atoms with van der Waals surface area (Å²) < 4.78 is 0. The number of aliphatic carboxylic acids is 1. The summed E-state index contributed by atoms with van der Waals surface area (Å²) >= 11 is 1.40. The van der Waals surface area contributed by atoms with Gasteiger partial charge in [-0.25, -0.2) is 0 Å². The Morgan fingerprint density at radius 2 is 2.54 bits per heavy atom. The number of thiophene rings is 1. The molecular formula is C9H9NO2S. The van der Waals surface area contributed by atoms with Crippen molar-refractivity contribution in [2.75, 3.05) is 0 Å². The largest absolute Gasteiger partial charge is 0.480 e. The monoisotopic (exact) mass is 195 g/mol. The molecule has 3 nitrogen and oxygen atoms in total. The van der Waals surface area contributed by atoms with E-state index in [1.807, 2.05) is 6.07 Å². The average molecular weight is 195 g/mol. The molecule has 1 unspecified atom stereocenters. The van der Waals surface area contributed by atoms with E-state index in [4.69, 9.17) is 10.4 Å². The maximum Gasteiger partial charge on any atom is 0.328 e. The summed E-state index contributed by atoms with van der Waals surface area (Å²) in [7, 11) is 0. The van der Waals surface area contributed by atoms with Crippen molar-refractivity contribution in [3.8, 4) is 6.07 Å². The van der Waals surface area contributed by atoms with Gasteiger partial charge in [-0.2, -0.15) is 16.6 Å². The molecule has 1 aromatic rings. The molecule has 0 amide bonds. The van der Waals surface area contributed by atoms with Crippen LogP contribution in [0.1, 0.15) is 18.9 Å². The first kappa shape index (κ1) is 9.75. The van der Waals surface area contributed by atoms with Gasteiger partial charge in [0, 0.05) is 0 Å². The Morgan fingerprint density at radius 3 is 2.85 bits per heavy atom. The van der Waals surface area contributed by atoms with Crippen molar-refractivity contribution < 1.29 is 9.90 Å². The van der Waals surface area contributed by atoms with E-state index in [9.17, 15) is 4.79 Å². The van der Waals surface area contributed by atoms with Crippen LogP contribution < -0.4 is 0 Å². The van der Waals surface area contributed by atoms with Crippen molar-refractivity contribution in [2.45, 2.75) is 18.8 Å². The third-order valence-electron chi connectivity index (χ3n) is 2.10. The maximum atomic E-state index is 11.0. The molecule has 68 valence electrons. The number of carbonyl (C=O) groups is 1. The Morgan fingerprint density at radius 1 is 1.85 bits per heavy atom. The summed E-state index contributed by atoms with van der Waals surface area (Å²) in [6, 6.07) is 3.56. The lowest BCUT2D eigenvalue weighted by atomic mass is 9.81. The van der Waals surface area contributed by atoms with Crippen LogP contribution in [0.25, 0.3) is 0 Å². The first-order chi connectivity index (χ1) is 6.17. The molecular weight excluding hydrogens is 186 g/mol. The summed E-state index contributed by atoms with van der Waals surface area (Å²) in [4.78, 5) is 11.0. The second-order valence-electron chi connectivity index (χ2n) is 2.69. The Labute approximate surface area is 80.2 Å². The standard InChI is InChI=1S/C9H9NO2S/c1-2-9(6-10,8(11)12)7-3-4-13-5-7/h3-5H,2H2,1H3,(H,11,12). The van der Waals surface area contributed by atoms with Crippen molar-refractivity contribution in [3.63, 3.8) is 0 Å². The van der Waals surface area contributed by atoms with Gasteiger partial charge in [-0.1, -0.05) is 6.92 Å². The van der Waals surface area contributed by atoms with Crippen molar-refractivity contribution in [1.29, 1.82) is 5.26 Å². The van der Waals surface area contributed by atoms with Gasteiger partial charge < -0.3 is 5.11 Å². The summed E-state index contributed by atoms with van der Waals surface area (Å²) in [6.07, 6.45) is 0.287. The van der Waals surface area contributed by atoms with Crippen LogP contribution in [0, 0.1) is 11.3 Å². The molecule has 1 rings (SSSR count). The van der Waals surface area contributed by atoms with Crippen LogP contribution in [0.5, 0.6) is 0 Å². The van der Waals surface area contributed by atoms with Crippen LogP contribution in [0.15, 0.2) is 16.8 Å². The Kier molecular flexibility index (Phi) is 2.69. The van der Waals surface area contributed by atoms with Crippen molar-refractivity contribution in [3.05, 3.63) is 22.4 Å². The number of carboxylic acid groups (broad SMARTS) is 1. The molecule has 4 heteroatoms. The zero-order valence-electron chi connectivity index (χ0n) is 7.15. The first-order valence-electron chi connectivity index (χ1n) is 3.84. The third-order valence-corrected chi connectivity index (χ3v) is 2.78. The van der Waals surface area contributed by atoms with Gasteiger partial charge in [0.1, 0.15) is 0 Å². The number of nitrogens with zero attached hydrogens (tertiary/aromatic N) is 1. The van der Waals surface area contributed by atoms with E-state index in [2.05, 4.69) is 0 Å². The molecule has 0 radical (unpaired) electrons. The van der Waals surface area contributed by atoms with E-state index in [1.54, 1.807) is 23.8 Å². The van der Waals surface area contributed by atoms with Gasteiger partial charge in [-0.3, -0.25) is 4.79 Å². The Bertz CT molecular complexity index is 339. The zero-order chi connectivity index (χ0) is 9.90. The Hall–Kier alpha value is -1.34. The van der Waals surface area contributed by atoms with Crippen molar-refractivity contribution in [2.24, 2.45) is 0 Å². The summed E-state index contributed by atoms with van der Waals surface area (Å²) in [5.74, 6) is -1.07. The highest BCUT2D eigenvalue weighted by molar-refractivity contribution is 7.08. The molecule has 0 bridgehead atoms. The van der Waals surface area contributed by atoms with Crippen LogP contribution in [0.2, 0.25) is 0 Å². The van der Waals surface area contributed by atoms with Crippen molar-refractivity contribution in [1.82, 2.24) is 0 Å². The second-order valence-corrected chi connectivity index (χ2v) is 3.47. The van der Waals surface area contributed by atoms with E-state index in [0.29, 0.717) is 5.56 Å². The maximum absolute atomic E-state index is 11.0. The normalized spacial score (nSPS) is 14.5. The molecule has 0 saturated heterocycles. The predicted octanol–water partition coefficient (Wildman–Crippen LogP) is 2.00. The topological polar surface area (TPSA) is 61.1 Å². The zero-order valence-corrected chi connectivity index (χ0v) is 7.97. The van der Waals surface area contributed by atoms with Gasteiger partial charge in [0.05, 0.1) is 6.07 Å². The smallest absolute Gasteiger partial charge is 0.328 e. The third kappa shape index (κ3) is 1.43. The molecule has 1 N–H and O–H groups in total. The molecule has 0 aliphatic carbocycles. The molecule has 1 atom stereocenters. The second kappa shape index (κ2) is 3.58. The lowest BCUT2D eigenvalue weighted by molar-refractivity contribution is -0.141. The van der Waals surface area contributed by atoms with Gasteiger partial charge in [0.25, 0.3) is 0 Å². The fourth-order valence-electron chi connectivity index (χ4n) is 1.18. The number of nitriles is 1. The van der Waals surface area contributed by atoms with E-state index >= 15 is 0 Å². The highest BCUT2D eigenvalue weighted by Gasteiger charge is 2.39.